The lowest BCUT2D eigenvalue weighted by molar-refractivity contribution is -0.130. The monoisotopic (exact) mass is 278 g/mol. The quantitative estimate of drug-likeness (QED) is 0.800. The number of carboxylic acid groups (broad SMARTS) is 1. The third kappa shape index (κ3) is 5.57. The molecule has 1 aliphatic rings. The lowest BCUT2D eigenvalue weighted by atomic mass is 9.88. The average Bonchev–Trinajstić information content (AvgIpc) is 2.53. The van der Waals surface area contributed by atoms with Gasteiger partial charge in [-0.3, -0.25) is 0 Å². The van der Waals surface area contributed by atoms with Crippen molar-refractivity contribution in [1.29, 1.82) is 0 Å². The molecule has 20 heavy (non-hydrogen) atoms. The Morgan fingerprint density at radius 2 is 1.45 bits per heavy atom. The summed E-state index contributed by atoms with van der Waals surface area (Å²) < 4.78 is 0. The SMILES string of the molecule is CC.CO.O=C(O)C(=C1CCCCC1)c1ccccc1. The van der Waals surface area contributed by atoms with Crippen LogP contribution >= 0.6 is 0 Å². The maximum Gasteiger partial charge on any atom is 0.336 e. The Hall–Kier alpha value is -1.61. The van der Waals surface area contributed by atoms with E-state index in [0.717, 1.165) is 43.9 Å². The van der Waals surface area contributed by atoms with Gasteiger partial charge in [0.05, 0.1) is 5.57 Å². The van der Waals surface area contributed by atoms with Crippen molar-refractivity contribution >= 4 is 11.5 Å². The van der Waals surface area contributed by atoms with Crippen LogP contribution in [0.3, 0.4) is 0 Å². The van der Waals surface area contributed by atoms with Crippen molar-refractivity contribution in [3.8, 4) is 0 Å². The molecule has 112 valence electrons. The highest BCUT2D eigenvalue weighted by atomic mass is 16.4. The molecule has 0 aliphatic heterocycles. The number of carboxylic acids is 1. The first-order chi connectivity index (χ1) is 9.79. The van der Waals surface area contributed by atoms with Gasteiger partial charge in [0, 0.05) is 7.11 Å². The van der Waals surface area contributed by atoms with E-state index >= 15 is 0 Å². The van der Waals surface area contributed by atoms with E-state index in [4.69, 9.17) is 5.11 Å². The molecule has 1 fully saturated rings. The molecule has 3 nitrogen and oxygen atoms in total. The van der Waals surface area contributed by atoms with Crippen molar-refractivity contribution < 1.29 is 15.0 Å². The van der Waals surface area contributed by atoms with Crippen molar-refractivity contribution in [2.24, 2.45) is 0 Å². The van der Waals surface area contributed by atoms with Crippen molar-refractivity contribution in [3.05, 3.63) is 41.5 Å². The zero-order chi connectivity index (χ0) is 15.4. The van der Waals surface area contributed by atoms with Crippen LogP contribution in [0.4, 0.5) is 0 Å². The van der Waals surface area contributed by atoms with Crippen LogP contribution in [0.5, 0.6) is 0 Å². The summed E-state index contributed by atoms with van der Waals surface area (Å²) in [4.78, 5) is 11.3. The minimum Gasteiger partial charge on any atom is -0.478 e. The predicted molar refractivity (Wildman–Crippen MR) is 83.6 cm³/mol. The first kappa shape index (κ1) is 18.4. The number of aliphatic hydroxyl groups excluding tert-OH is 1. The van der Waals surface area contributed by atoms with Crippen LogP contribution in [0.2, 0.25) is 0 Å². The number of hydrogen-bond donors (Lipinski definition) is 2. The zero-order valence-corrected chi connectivity index (χ0v) is 12.7. The standard InChI is InChI=1S/C14H16O2.C2H6.CH4O/c15-14(16)13(11-7-3-1-4-8-11)12-9-5-2-6-10-12;2*1-2/h1,3-4,7-8H,2,5-6,9-10H2,(H,15,16);1-2H3;2H,1H3. The van der Waals surface area contributed by atoms with Crippen LogP contribution in [0.15, 0.2) is 35.9 Å². The first-order valence-electron chi connectivity index (χ1n) is 7.24. The van der Waals surface area contributed by atoms with Gasteiger partial charge in [-0.15, -0.1) is 0 Å². The lowest BCUT2D eigenvalue weighted by Crippen LogP contribution is -2.06. The molecule has 0 saturated heterocycles. The van der Waals surface area contributed by atoms with Crippen molar-refractivity contribution in [1.82, 2.24) is 0 Å². The van der Waals surface area contributed by atoms with Gasteiger partial charge in [0.25, 0.3) is 0 Å². The first-order valence-corrected chi connectivity index (χ1v) is 7.24. The number of benzene rings is 1. The summed E-state index contributed by atoms with van der Waals surface area (Å²) in [6.07, 6.45) is 5.36. The fraction of sp³-hybridized carbons (Fsp3) is 0.471. The van der Waals surface area contributed by atoms with Gasteiger partial charge in [0.1, 0.15) is 0 Å². The van der Waals surface area contributed by atoms with E-state index < -0.39 is 5.97 Å². The van der Waals surface area contributed by atoms with Gasteiger partial charge in [-0.25, -0.2) is 4.79 Å². The molecule has 1 aromatic rings. The van der Waals surface area contributed by atoms with Gasteiger partial charge < -0.3 is 10.2 Å². The van der Waals surface area contributed by atoms with Crippen LogP contribution in [0.25, 0.3) is 5.57 Å². The highest BCUT2D eigenvalue weighted by molar-refractivity contribution is 6.16. The molecule has 0 atom stereocenters. The number of aliphatic carboxylic acids is 1. The fourth-order valence-electron chi connectivity index (χ4n) is 2.31. The predicted octanol–water partition coefficient (Wildman–Crippen LogP) is 4.12. The van der Waals surface area contributed by atoms with E-state index in [1.54, 1.807) is 0 Å². The van der Waals surface area contributed by atoms with Gasteiger partial charge in [0.2, 0.25) is 0 Å². The number of hydrogen-bond acceptors (Lipinski definition) is 2. The van der Waals surface area contributed by atoms with Crippen LogP contribution < -0.4 is 0 Å². The molecule has 2 N–H and O–H groups in total. The van der Waals surface area contributed by atoms with E-state index in [-0.39, 0.29) is 0 Å². The average molecular weight is 278 g/mol. The third-order valence-electron chi connectivity index (χ3n) is 3.09. The Bertz CT molecular complexity index is 400. The highest BCUT2D eigenvalue weighted by Gasteiger charge is 2.18. The largest absolute Gasteiger partial charge is 0.478 e. The molecule has 0 spiro atoms. The molecule has 1 aliphatic carbocycles. The van der Waals surface area contributed by atoms with Crippen molar-refractivity contribution in [2.45, 2.75) is 46.0 Å². The van der Waals surface area contributed by atoms with Crippen LogP contribution in [-0.2, 0) is 4.79 Å². The molecule has 1 saturated carbocycles. The molecule has 0 heterocycles. The van der Waals surface area contributed by atoms with Gasteiger partial charge in [-0.1, -0.05) is 56.2 Å². The number of carbonyl (C=O) groups is 1. The summed E-state index contributed by atoms with van der Waals surface area (Å²) in [5, 5.41) is 16.3. The normalized spacial score (nSPS) is 13.3. The van der Waals surface area contributed by atoms with Gasteiger partial charge in [-0.05, 0) is 31.2 Å². The molecule has 0 amide bonds. The number of rotatable bonds is 2. The lowest BCUT2D eigenvalue weighted by Gasteiger charge is -2.17. The molecule has 0 bridgehead atoms. The topological polar surface area (TPSA) is 57.5 Å². The van der Waals surface area contributed by atoms with Gasteiger partial charge in [-0.2, -0.15) is 0 Å². The Balaban J connectivity index is 0.000000829. The summed E-state index contributed by atoms with van der Waals surface area (Å²) in [5.41, 5.74) is 2.48. The second-order valence-electron chi connectivity index (χ2n) is 4.21. The van der Waals surface area contributed by atoms with E-state index in [1.807, 2.05) is 44.2 Å². The van der Waals surface area contributed by atoms with Crippen molar-refractivity contribution in [3.63, 3.8) is 0 Å². The summed E-state index contributed by atoms with van der Waals surface area (Å²) in [6, 6.07) is 9.45. The van der Waals surface area contributed by atoms with Crippen molar-refractivity contribution in [2.75, 3.05) is 7.11 Å². The summed E-state index contributed by atoms with van der Waals surface area (Å²) >= 11 is 0. The van der Waals surface area contributed by atoms with Crippen LogP contribution in [0.1, 0.15) is 51.5 Å². The number of aliphatic hydroxyl groups is 1. The highest BCUT2D eigenvalue weighted by Crippen LogP contribution is 2.30. The van der Waals surface area contributed by atoms with E-state index in [1.165, 1.54) is 6.42 Å². The summed E-state index contributed by atoms with van der Waals surface area (Å²) in [6.45, 7) is 4.00. The Morgan fingerprint density at radius 1 is 0.950 bits per heavy atom. The summed E-state index contributed by atoms with van der Waals surface area (Å²) in [5.74, 6) is -0.789. The maximum atomic E-state index is 11.3. The minimum absolute atomic E-state index is 0.528. The maximum absolute atomic E-state index is 11.3. The number of allylic oxidation sites excluding steroid dienone is 1. The third-order valence-corrected chi connectivity index (χ3v) is 3.09. The minimum atomic E-state index is -0.789. The molecule has 0 unspecified atom stereocenters. The fourth-order valence-corrected chi connectivity index (χ4v) is 2.31. The van der Waals surface area contributed by atoms with Gasteiger partial charge >= 0.3 is 5.97 Å². The Kier molecular flexibility index (Phi) is 10.3. The molecular weight excluding hydrogens is 252 g/mol. The zero-order valence-electron chi connectivity index (χ0n) is 12.7. The molecule has 1 aromatic carbocycles. The second-order valence-corrected chi connectivity index (χ2v) is 4.21. The molecule has 3 heteroatoms. The molecule has 0 aromatic heterocycles. The molecular formula is C17H26O3. The second kappa shape index (κ2) is 11.2. The smallest absolute Gasteiger partial charge is 0.336 e. The Labute approximate surface area is 122 Å². The Morgan fingerprint density at radius 3 is 1.90 bits per heavy atom. The molecule has 0 radical (unpaired) electrons. The summed E-state index contributed by atoms with van der Waals surface area (Å²) in [7, 11) is 1.00. The van der Waals surface area contributed by atoms with Crippen LogP contribution in [0, 0.1) is 0 Å². The van der Waals surface area contributed by atoms with E-state index in [0.29, 0.717) is 5.57 Å². The van der Waals surface area contributed by atoms with Crippen LogP contribution in [-0.4, -0.2) is 23.3 Å². The van der Waals surface area contributed by atoms with Gasteiger partial charge in [0.15, 0.2) is 0 Å². The molecule has 2 rings (SSSR count). The van der Waals surface area contributed by atoms with E-state index in [9.17, 15) is 9.90 Å². The van der Waals surface area contributed by atoms with E-state index in [2.05, 4.69) is 0 Å².